The normalized spacial score (nSPS) is 10.7. The highest BCUT2D eigenvalue weighted by Crippen LogP contribution is 2.35. The minimum atomic E-state index is -0.821. The van der Waals surface area contributed by atoms with Gasteiger partial charge in [-0.1, -0.05) is 0 Å². The van der Waals surface area contributed by atoms with Crippen molar-refractivity contribution in [2.75, 3.05) is 0 Å². The van der Waals surface area contributed by atoms with Crippen LogP contribution in [0.1, 0.15) is 0 Å². The molecule has 10 heteroatoms. The maximum absolute atomic E-state index is 10.9. The first-order valence-corrected chi connectivity index (χ1v) is 5.75. The third kappa shape index (κ3) is 3.12. The number of hydrogen-bond acceptors (Lipinski definition) is 8. The number of nitrogens with zero attached hydrogens (tertiary/aromatic N) is 4. The molecule has 2 aromatic carbocycles. The number of rotatable bonds is 4. The smallest absolute Gasteiger partial charge is 0.303 e. The SMILES string of the molecule is O=[N+]([O-])c1ccc(N=Nc2ccc(O)cc2O)c([N+](=O)[O-])c1. The molecule has 0 atom stereocenters. The Hall–Kier alpha value is -3.56. The maximum Gasteiger partial charge on any atom is 0.303 e. The van der Waals surface area contributed by atoms with Crippen molar-refractivity contribution in [2.24, 2.45) is 10.2 Å². The summed E-state index contributed by atoms with van der Waals surface area (Å²) in [5.41, 5.74) is -1.26. The standard InChI is InChI=1S/C12H8N4O6/c17-8-2-4-10(12(18)6-8)14-13-9-3-1-7(15(19)20)5-11(9)16(21)22/h1-6,17-18H. The van der Waals surface area contributed by atoms with Crippen LogP contribution < -0.4 is 0 Å². The Bertz CT molecular complexity index is 789. The van der Waals surface area contributed by atoms with Gasteiger partial charge in [-0.15, -0.1) is 10.2 Å². The predicted octanol–water partition coefficient (Wildman–Crippen LogP) is 3.33. The number of benzene rings is 2. The molecule has 0 aromatic heterocycles. The van der Waals surface area contributed by atoms with Crippen molar-refractivity contribution in [2.45, 2.75) is 0 Å². The van der Waals surface area contributed by atoms with Crippen molar-refractivity contribution in [3.05, 3.63) is 56.6 Å². The second-order valence-electron chi connectivity index (χ2n) is 4.06. The highest BCUT2D eigenvalue weighted by atomic mass is 16.6. The van der Waals surface area contributed by atoms with Crippen molar-refractivity contribution in [3.63, 3.8) is 0 Å². The molecule has 0 aliphatic rings. The molecular weight excluding hydrogens is 296 g/mol. The number of hydrogen-bond donors (Lipinski definition) is 2. The number of non-ortho nitro benzene ring substituents is 1. The van der Waals surface area contributed by atoms with Crippen LogP contribution in [0.15, 0.2) is 46.6 Å². The molecule has 22 heavy (non-hydrogen) atoms. The minimum absolute atomic E-state index is 0.0227. The Morgan fingerprint density at radius 3 is 2.09 bits per heavy atom. The molecule has 0 saturated heterocycles. The number of nitro groups is 2. The van der Waals surface area contributed by atoms with Crippen LogP contribution in [0, 0.1) is 20.2 Å². The van der Waals surface area contributed by atoms with E-state index < -0.39 is 21.2 Å². The van der Waals surface area contributed by atoms with Crippen LogP contribution in [0.25, 0.3) is 0 Å². The molecule has 0 fully saturated rings. The number of phenolic OH excluding ortho intramolecular Hbond substituents is 2. The zero-order valence-corrected chi connectivity index (χ0v) is 10.8. The Labute approximate surface area is 122 Å². The molecule has 2 N–H and O–H groups in total. The molecule has 0 aliphatic heterocycles. The summed E-state index contributed by atoms with van der Waals surface area (Å²) in [6.45, 7) is 0. The Balaban J connectivity index is 2.42. The summed E-state index contributed by atoms with van der Waals surface area (Å²) >= 11 is 0. The molecule has 112 valence electrons. The molecule has 0 unspecified atom stereocenters. The Morgan fingerprint density at radius 1 is 0.864 bits per heavy atom. The lowest BCUT2D eigenvalue weighted by molar-refractivity contribution is -0.393. The van der Waals surface area contributed by atoms with Crippen LogP contribution in [0.4, 0.5) is 22.7 Å². The van der Waals surface area contributed by atoms with E-state index in [0.29, 0.717) is 0 Å². The van der Waals surface area contributed by atoms with Crippen molar-refractivity contribution >= 4 is 22.7 Å². The van der Waals surface area contributed by atoms with Gasteiger partial charge in [-0.3, -0.25) is 20.2 Å². The lowest BCUT2D eigenvalue weighted by atomic mass is 10.2. The monoisotopic (exact) mass is 304 g/mol. The van der Waals surface area contributed by atoms with E-state index in [2.05, 4.69) is 10.2 Å². The highest BCUT2D eigenvalue weighted by Gasteiger charge is 2.19. The summed E-state index contributed by atoms with van der Waals surface area (Å²) in [4.78, 5) is 19.9. The number of phenols is 2. The fourth-order valence-corrected chi connectivity index (χ4v) is 1.56. The van der Waals surface area contributed by atoms with E-state index in [9.17, 15) is 25.3 Å². The molecule has 0 bridgehead atoms. The van der Waals surface area contributed by atoms with E-state index in [0.717, 1.165) is 24.3 Å². The van der Waals surface area contributed by atoms with E-state index in [4.69, 9.17) is 5.11 Å². The first-order chi connectivity index (χ1) is 10.4. The molecule has 2 rings (SSSR count). The fraction of sp³-hybridized carbons (Fsp3) is 0. The molecule has 0 saturated carbocycles. The van der Waals surface area contributed by atoms with Crippen LogP contribution in [0.3, 0.4) is 0 Å². The molecule has 2 aromatic rings. The Morgan fingerprint density at radius 2 is 1.50 bits per heavy atom. The van der Waals surface area contributed by atoms with Crippen molar-refractivity contribution in [1.29, 1.82) is 0 Å². The first kappa shape index (κ1) is 14.8. The van der Waals surface area contributed by atoms with Crippen molar-refractivity contribution in [1.82, 2.24) is 0 Å². The van der Waals surface area contributed by atoms with Gasteiger partial charge in [-0.2, -0.15) is 0 Å². The van der Waals surface area contributed by atoms with E-state index in [1.165, 1.54) is 12.1 Å². The van der Waals surface area contributed by atoms with Crippen LogP contribution in [0.5, 0.6) is 11.5 Å². The number of nitro benzene ring substituents is 2. The quantitative estimate of drug-likeness (QED) is 0.502. The zero-order valence-electron chi connectivity index (χ0n) is 10.8. The fourth-order valence-electron chi connectivity index (χ4n) is 1.56. The predicted molar refractivity (Wildman–Crippen MR) is 73.7 cm³/mol. The second kappa shape index (κ2) is 5.83. The topological polar surface area (TPSA) is 151 Å². The average Bonchev–Trinajstić information content (AvgIpc) is 2.46. The van der Waals surface area contributed by atoms with Crippen molar-refractivity contribution in [3.8, 4) is 11.5 Å². The van der Waals surface area contributed by atoms with Gasteiger partial charge >= 0.3 is 5.69 Å². The summed E-state index contributed by atoms with van der Waals surface area (Å²) in [7, 11) is 0. The summed E-state index contributed by atoms with van der Waals surface area (Å²) in [5, 5.41) is 47.4. The molecule has 0 radical (unpaired) electrons. The van der Waals surface area contributed by atoms with Crippen molar-refractivity contribution < 1.29 is 20.1 Å². The molecular formula is C12H8N4O6. The van der Waals surface area contributed by atoms with Gasteiger partial charge in [0.2, 0.25) is 0 Å². The highest BCUT2D eigenvalue weighted by molar-refractivity contribution is 5.62. The summed E-state index contributed by atoms with van der Waals surface area (Å²) in [5.74, 6) is -0.550. The molecule has 0 heterocycles. The van der Waals surface area contributed by atoms with Gasteiger partial charge in [0.1, 0.15) is 17.2 Å². The summed E-state index contributed by atoms with van der Waals surface area (Å²) < 4.78 is 0. The molecule has 0 spiro atoms. The van der Waals surface area contributed by atoms with Gasteiger partial charge in [0.05, 0.1) is 15.9 Å². The first-order valence-electron chi connectivity index (χ1n) is 5.75. The second-order valence-corrected chi connectivity index (χ2v) is 4.06. The van der Waals surface area contributed by atoms with Gasteiger partial charge in [-0.25, -0.2) is 0 Å². The zero-order chi connectivity index (χ0) is 16.3. The van der Waals surface area contributed by atoms with Crippen LogP contribution >= 0.6 is 0 Å². The largest absolute Gasteiger partial charge is 0.508 e. The van der Waals surface area contributed by atoms with Gasteiger partial charge in [0, 0.05) is 12.1 Å². The van der Waals surface area contributed by atoms with Gasteiger partial charge in [-0.05, 0) is 18.2 Å². The molecule has 0 aliphatic carbocycles. The molecule has 0 amide bonds. The minimum Gasteiger partial charge on any atom is -0.508 e. The average molecular weight is 304 g/mol. The van der Waals surface area contributed by atoms with Crippen LogP contribution in [-0.2, 0) is 0 Å². The summed E-state index contributed by atoms with van der Waals surface area (Å²) in [6, 6.07) is 6.43. The lowest BCUT2D eigenvalue weighted by Crippen LogP contribution is -1.92. The molecule has 10 nitrogen and oxygen atoms in total. The number of aromatic hydroxyl groups is 2. The van der Waals surface area contributed by atoms with Gasteiger partial charge < -0.3 is 10.2 Å². The lowest BCUT2D eigenvalue weighted by Gasteiger charge is -1.99. The van der Waals surface area contributed by atoms with Gasteiger partial charge in [0.25, 0.3) is 5.69 Å². The van der Waals surface area contributed by atoms with E-state index in [1.54, 1.807) is 0 Å². The van der Waals surface area contributed by atoms with Gasteiger partial charge in [0.15, 0.2) is 5.69 Å². The van der Waals surface area contributed by atoms with Crippen LogP contribution in [-0.4, -0.2) is 20.1 Å². The van der Waals surface area contributed by atoms with E-state index >= 15 is 0 Å². The third-order valence-electron chi connectivity index (χ3n) is 2.59. The Kier molecular flexibility index (Phi) is 3.93. The number of azo groups is 1. The maximum atomic E-state index is 10.9. The third-order valence-corrected chi connectivity index (χ3v) is 2.59. The van der Waals surface area contributed by atoms with E-state index in [1.807, 2.05) is 0 Å². The van der Waals surface area contributed by atoms with E-state index in [-0.39, 0.29) is 22.9 Å². The van der Waals surface area contributed by atoms with Crippen LogP contribution in [0.2, 0.25) is 0 Å². The summed E-state index contributed by atoms with van der Waals surface area (Å²) in [6.07, 6.45) is 0.